The molecule has 1 aromatic carbocycles. The molecule has 2 heterocycles. The zero-order valence-electron chi connectivity index (χ0n) is 11.1. The monoisotopic (exact) mass is 244 g/mol. The van der Waals surface area contributed by atoms with E-state index in [4.69, 9.17) is 9.72 Å². The maximum Gasteiger partial charge on any atom is 0.109 e. The molecule has 1 N–H and O–H groups in total. The van der Waals surface area contributed by atoms with Gasteiger partial charge in [0, 0.05) is 13.0 Å². The number of aromatic nitrogens is 2. The van der Waals surface area contributed by atoms with Gasteiger partial charge in [0.15, 0.2) is 0 Å². The van der Waals surface area contributed by atoms with E-state index in [0.717, 1.165) is 36.3 Å². The van der Waals surface area contributed by atoms with Crippen LogP contribution in [0, 0.1) is 13.8 Å². The average molecular weight is 244 g/mol. The Morgan fingerprint density at radius 1 is 1.33 bits per heavy atom. The average Bonchev–Trinajstić information content (AvgIpc) is 2.73. The highest BCUT2D eigenvalue weighted by atomic mass is 16.5. The summed E-state index contributed by atoms with van der Waals surface area (Å²) >= 11 is 0. The molecule has 1 atom stereocenters. The summed E-state index contributed by atoms with van der Waals surface area (Å²) in [6.07, 6.45) is 4.90. The van der Waals surface area contributed by atoms with Crippen LogP contribution in [0.2, 0.25) is 0 Å². The lowest BCUT2D eigenvalue weighted by Gasteiger charge is -2.21. The third kappa shape index (κ3) is 2.27. The van der Waals surface area contributed by atoms with Gasteiger partial charge in [-0.1, -0.05) is 6.07 Å². The van der Waals surface area contributed by atoms with Gasteiger partial charge in [-0.2, -0.15) is 0 Å². The predicted molar refractivity (Wildman–Crippen MR) is 72.9 cm³/mol. The van der Waals surface area contributed by atoms with Gasteiger partial charge in [-0.15, -0.1) is 0 Å². The van der Waals surface area contributed by atoms with Crippen molar-refractivity contribution in [3.05, 3.63) is 29.1 Å². The molecule has 1 aliphatic heterocycles. The van der Waals surface area contributed by atoms with E-state index in [9.17, 15) is 0 Å². The van der Waals surface area contributed by atoms with Gasteiger partial charge in [0.05, 0.1) is 17.1 Å². The fraction of sp³-hybridized carbons (Fsp3) is 0.533. The number of nitrogens with one attached hydrogen (secondary N) is 1. The number of hydrogen-bond donors (Lipinski definition) is 1. The predicted octanol–water partition coefficient (Wildman–Crippen LogP) is 3.29. The Morgan fingerprint density at radius 3 is 3.00 bits per heavy atom. The maximum atomic E-state index is 5.77. The van der Waals surface area contributed by atoms with Crippen LogP contribution in [0.4, 0.5) is 0 Å². The molecule has 1 unspecified atom stereocenters. The first-order valence-corrected chi connectivity index (χ1v) is 6.80. The summed E-state index contributed by atoms with van der Waals surface area (Å²) < 4.78 is 5.77. The zero-order valence-corrected chi connectivity index (χ0v) is 11.1. The number of rotatable bonds is 2. The van der Waals surface area contributed by atoms with Gasteiger partial charge in [0.2, 0.25) is 0 Å². The van der Waals surface area contributed by atoms with Crippen LogP contribution in [0.25, 0.3) is 11.0 Å². The summed E-state index contributed by atoms with van der Waals surface area (Å²) in [5, 5.41) is 0. The van der Waals surface area contributed by atoms with Gasteiger partial charge < -0.3 is 9.72 Å². The summed E-state index contributed by atoms with van der Waals surface area (Å²) in [4.78, 5) is 8.15. The van der Waals surface area contributed by atoms with Gasteiger partial charge in [-0.25, -0.2) is 4.98 Å². The van der Waals surface area contributed by atoms with Crippen LogP contribution in [-0.4, -0.2) is 22.7 Å². The molecule has 0 bridgehead atoms. The lowest BCUT2D eigenvalue weighted by atomic mass is 10.1. The third-order valence-electron chi connectivity index (χ3n) is 3.67. The minimum atomic E-state index is 0.348. The second kappa shape index (κ2) is 4.73. The minimum Gasteiger partial charge on any atom is -0.378 e. The fourth-order valence-electron chi connectivity index (χ4n) is 2.80. The maximum absolute atomic E-state index is 5.77. The molecular weight excluding hydrogens is 224 g/mol. The Bertz CT molecular complexity index is 553. The molecule has 1 saturated heterocycles. The van der Waals surface area contributed by atoms with Crippen LogP contribution in [0.5, 0.6) is 0 Å². The molecule has 2 aromatic rings. The minimum absolute atomic E-state index is 0.348. The topological polar surface area (TPSA) is 37.9 Å². The number of aromatic amines is 1. The van der Waals surface area contributed by atoms with E-state index in [1.165, 1.54) is 24.0 Å². The molecule has 0 radical (unpaired) electrons. The Morgan fingerprint density at radius 2 is 2.22 bits per heavy atom. The largest absolute Gasteiger partial charge is 0.378 e. The summed E-state index contributed by atoms with van der Waals surface area (Å²) in [6.45, 7) is 5.15. The van der Waals surface area contributed by atoms with Crippen molar-refractivity contribution in [1.29, 1.82) is 0 Å². The first kappa shape index (κ1) is 11.7. The molecule has 3 rings (SSSR count). The Kier molecular flexibility index (Phi) is 3.08. The summed E-state index contributed by atoms with van der Waals surface area (Å²) in [6, 6.07) is 4.35. The molecule has 96 valence electrons. The van der Waals surface area contributed by atoms with E-state index in [2.05, 4.69) is 31.0 Å². The van der Waals surface area contributed by atoms with Gasteiger partial charge in [0.1, 0.15) is 5.82 Å². The molecule has 0 aliphatic carbocycles. The van der Waals surface area contributed by atoms with Crippen molar-refractivity contribution in [3.8, 4) is 0 Å². The van der Waals surface area contributed by atoms with Crippen molar-refractivity contribution in [3.63, 3.8) is 0 Å². The van der Waals surface area contributed by atoms with Crippen LogP contribution >= 0.6 is 0 Å². The van der Waals surface area contributed by atoms with E-state index in [-0.39, 0.29) is 0 Å². The molecular formula is C15H20N2O. The van der Waals surface area contributed by atoms with Crippen molar-refractivity contribution < 1.29 is 4.74 Å². The van der Waals surface area contributed by atoms with Gasteiger partial charge in [-0.05, 0) is 50.3 Å². The summed E-state index contributed by atoms with van der Waals surface area (Å²) in [5.41, 5.74) is 4.78. The van der Waals surface area contributed by atoms with Crippen molar-refractivity contribution in [2.45, 2.75) is 45.6 Å². The van der Waals surface area contributed by atoms with Crippen LogP contribution in [0.1, 0.15) is 36.2 Å². The van der Waals surface area contributed by atoms with Gasteiger partial charge in [-0.3, -0.25) is 0 Å². The quantitative estimate of drug-likeness (QED) is 0.880. The highest BCUT2D eigenvalue weighted by Crippen LogP contribution is 2.21. The summed E-state index contributed by atoms with van der Waals surface area (Å²) in [5.74, 6) is 1.06. The van der Waals surface area contributed by atoms with Crippen molar-refractivity contribution >= 4 is 11.0 Å². The van der Waals surface area contributed by atoms with E-state index in [1.54, 1.807) is 0 Å². The molecule has 1 aliphatic rings. The Labute approximate surface area is 108 Å². The zero-order chi connectivity index (χ0) is 12.5. The highest BCUT2D eigenvalue weighted by molar-refractivity contribution is 5.79. The number of fused-ring (bicyclic) bond motifs is 1. The Hall–Kier alpha value is -1.35. The third-order valence-corrected chi connectivity index (χ3v) is 3.67. The normalized spacial score (nSPS) is 20.4. The van der Waals surface area contributed by atoms with Crippen molar-refractivity contribution in [2.75, 3.05) is 6.61 Å². The molecule has 1 aromatic heterocycles. The SMILES string of the molecule is Cc1cc(C)c2nc(CC3CCCCO3)[nH]c2c1. The van der Waals surface area contributed by atoms with Gasteiger partial charge in [0.25, 0.3) is 0 Å². The van der Waals surface area contributed by atoms with E-state index in [0.29, 0.717) is 6.10 Å². The first-order valence-electron chi connectivity index (χ1n) is 6.80. The highest BCUT2D eigenvalue weighted by Gasteiger charge is 2.16. The number of nitrogens with zero attached hydrogens (tertiary/aromatic N) is 1. The van der Waals surface area contributed by atoms with Crippen LogP contribution < -0.4 is 0 Å². The lowest BCUT2D eigenvalue weighted by Crippen LogP contribution is -2.21. The van der Waals surface area contributed by atoms with Crippen LogP contribution in [-0.2, 0) is 11.2 Å². The van der Waals surface area contributed by atoms with Crippen molar-refractivity contribution in [2.24, 2.45) is 0 Å². The number of ether oxygens (including phenoxy) is 1. The van der Waals surface area contributed by atoms with Crippen LogP contribution in [0.15, 0.2) is 12.1 Å². The fourth-order valence-corrected chi connectivity index (χ4v) is 2.80. The van der Waals surface area contributed by atoms with E-state index in [1.807, 2.05) is 0 Å². The number of imidazole rings is 1. The number of aryl methyl sites for hydroxylation is 2. The number of hydrogen-bond acceptors (Lipinski definition) is 2. The second-order valence-electron chi connectivity index (χ2n) is 5.35. The lowest BCUT2D eigenvalue weighted by molar-refractivity contribution is 0.0158. The summed E-state index contributed by atoms with van der Waals surface area (Å²) in [7, 11) is 0. The number of H-pyrrole nitrogens is 1. The second-order valence-corrected chi connectivity index (χ2v) is 5.35. The smallest absolute Gasteiger partial charge is 0.109 e. The number of benzene rings is 1. The molecule has 0 amide bonds. The molecule has 18 heavy (non-hydrogen) atoms. The van der Waals surface area contributed by atoms with Crippen molar-refractivity contribution in [1.82, 2.24) is 9.97 Å². The van der Waals surface area contributed by atoms with E-state index >= 15 is 0 Å². The van der Waals surface area contributed by atoms with Gasteiger partial charge >= 0.3 is 0 Å². The molecule has 3 nitrogen and oxygen atoms in total. The molecule has 3 heteroatoms. The van der Waals surface area contributed by atoms with Crippen LogP contribution in [0.3, 0.4) is 0 Å². The molecule has 0 saturated carbocycles. The van der Waals surface area contributed by atoms with E-state index < -0.39 is 0 Å². The first-order chi connectivity index (χ1) is 8.72. The molecule has 1 fully saturated rings. The molecule has 0 spiro atoms. The standard InChI is InChI=1S/C15H20N2O/c1-10-7-11(2)15-13(8-10)16-14(17-15)9-12-5-3-4-6-18-12/h7-8,12H,3-6,9H2,1-2H3,(H,16,17). The Balaban J connectivity index is 1.86.